The van der Waals surface area contributed by atoms with Crippen molar-refractivity contribution >= 4 is 5.91 Å². The van der Waals surface area contributed by atoms with Crippen molar-refractivity contribution in [3.05, 3.63) is 0 Å². The fourth-order valence-electron chi connectivity index (χ4n) is 0.837. The summed E-state index contributed by atoms with van der Waals surface area (Å²) in [6.07, 6.45) is 0. The molecule has 0 aliphatic heterocycles. The molecule has 15 heavy (non-hydrogen) atoms. The molecule has 2 atom stereocenters. The van der Waals surface area contributed by atoms with Crippen molar-refractivity contribution in [1.82, 2.24) is 5.32 Å². The van der Waals surface area contributed by atoms with E-state index in [0.29, 0.717) is 0 Å². The minimum atomic E-state index is -1.30. The Morgan fingerprint density at radius 2 is 1.87 bits per heavy atom. The summed E-state index contributed by atoms with van der Waals surface area (Å²) < 4.78 is 0. The second kappa shape index (κ2) is 4.92. The van der Waals surface area contributed by atoms with Gasteiger partial charge < -0.3 is 21.3 Å². The summed E-state index contributed by atoms with van der Waals surface area (Å²) in [5, 5.41) is 20.7. The second-order valence-corrected chi connectivity index (χ2v) is 5.22. The summed E-state index contributed by atoms with van der Waals surface area (Å²) in [5.74, 6) is -0.323. The summed E-state index contributed by atoms with van der Waals surface area (Å²) in [6.45, 7) is 6.62. The van der Waals surface area contributed by atoms with Gasteiger partial charge in [0.15, 0.2) is 0 Å². The average Bonchev–Trinajstić information content (AvgIpc) is 2.11. The molecule has 0 aromatic heterocycles. The molecule has 0 aliphatic rings. The lowest BCUT2D eigenvalue weighted by Crippen LogP contribution is -2.52. The zero-order valence-corrected chi connectivity index (χ0v) is 9.87. The Morgan fingerprint density at radius 1 is 1.40 bits per heavy atom. The van der Waals surface area contributed by atoms with Gasteiger partial charge in [-0.05, 0) is 12.3 Å². The van der Waals surface area contributed by atoms with Gasteiger partial charge in [-0.1, -0.05) is 20.8 Å². The highest BCUT2D eigenvalue weighted by molar-refractivity contribution is 5.82. The number of amides is 1. The average molecular weight is 218 g/mol. The number of nitrogens with two attached hydrogens (primary N) is 1. The molecule has 0 heterocycles. The molecule has 0 rings (SSSR count). The SMILES string of the molecule is CC(O)(CO)CNC(=O)[C@@H](N)C(C)(C)C. The largest absolute Gasteiger partial charge is 0.393 e. The molecule has 0 spiro atoms. The van der Waals surface area contributed by atoms with Crippen LogP contribution in [0.1, 0.15) is 27.7 Å². The summed E-state index contributed by atoms with van der Waals surface area (Å²) >= 11 is 0. The number of rotatable bonds is 4. The van der Waals surface area contributed by atoms with E-state index in [1.807, 2.05) is 20.8 Å². The van der Waals surface area contributed by atoms with Crippen molar-refractivity contribution in [3.8, 4) is 0 Å². The van der Waals surface area contributed by atoms with E-state index < -0.39 is 18.2 Å². The first-order valence-corrected chi connectivity index (χ1v) is 4.97. The summed E-state index contributed by atoms with van der Waals surface area (Å²) in [7, 11) is 0. The fraction of sp³-hybridized carbons (Fsp3) is 0.900. The van der Waals surface area contributed by atoms with E-state index in [1.165, 1.54) is 6.92 Å². The molecule has 90 valence electrons. The molecule has 5 N–H and O–H groups in total. The molecule has 0 saturated heterocycles. The maximum atomic E-state index is 11.5. The van der Waals surface area contributed by atoms with Crippen molar-refractivity contribution in [2.24, 2.45) is 11.1 Å². The van der Waals surface area contributed by atoms with Crippen molar-refractivity contribution in [1.29, 1.82) is 0 Å². The topological polar surface area (TPSA) is 95.6 Å². The van der Waals surface area contributed by atoms with Crippen LogP contribution in [0.15, 0.2) is 0 Å². The van der Waals surface area contributed by atoms with Gasteiger partial charge in [0.05, 0.1) is 12.6 Å². The maximum Gasteiger partial charge on any atom is 0.237 e. The van der Waals surface area contributed by atoms with E-state index in [0.717, 1.165) is 0 Å². The predicted octanol–water partition coefficient (Wildman–Crippen LogP) is -0.781. The van der Waals surface area contributed by atoms with Gasteiger partial charge in [-0.2, -0.15) is 0 Å². The Hall–Kier alpha value is -0.650. The molecule has 1 unspecified atom stereocenters. The zero-order chi connectivity index (χ0) is 12.3. The van der Waals surface area contributed by atoms with Gasteiger partial charge in [0.25, 0.3) is 0 Å². The van der Waals surface area contributed by atoms with Crippen LogP contribution in [0.4, 0.5) is 0 Å². The first kappa shape index (κ1) is 14.3. The Labute approximate surface area is 90.7 Å². The minimum absolute atomic E-state index is 0.00782. The standard InChI is InChI=1S/C10H22N2O3/c1-9(2,3)7(11)8(14)12-5-10(4,15)6-13/h7,13,15H,5-6,11H2,1-4H3,(H,12,14)/t7-,10?/m1/s1. The quantitative estimate of drug-likeness (QED) is 0.498. The van der Waals surface area contributed by atoms with Gasteiger partial charge in [0.1, 0.15) is 5.60 Å². The number of carbonyl (C=O) groups excluding carboxylic acids is 1. The summed E-state index contributed by atoms with van der Waals surface area (Å²) in [5.41, 5.74) is 4.09. The van der Waals surface area contributed by atoms with E-state index in [1.54, 1.807) is 0 Å². The highest BCUT2D eigenvalue weighted by atomic mass is 16.3. The van der Waals surface area contributed by atoms with Crippen LogP contribution in [0.25, 0.3) is 0 Å². The Morgan fingerprint density at radius 3 is 2.20 bits per heavy atom. The third-order valence-electron chi connectivity index (χ3n) is 2.20. The lowest BCUT2D eigenvalue weighted by atomic mass is 9.87. The lowest BCUT2D eigenvalue weighted by molar-refractivity contribution is -0.126. The van der Waals surface area contributed by atoms with Gasteiger partial charge in [0, 0.05) is 6.54 Å². The molecule has 0 aromatic rings. The Kier molecular flexibility index (Phi) is 4.70. The predicted molar refractivity (Wildman–Crippen MR) is 58.1 cm³/mol. The number of hydrogen-bond donors (Lipinski definition) is 4. The van der Waals surface area contributed by atoms with Crippen molar-refractivity contribution < 1.29 is 15.0 Å². The Balaban J connectivity index is 4.17. The van der Waals surface area contributed by atoms with E-state index in [-0.39, 0.29) is 17.9 Å². The van der Waals surface area contributed by atoms with Crippen LogP contribution in [0, 0.1) is 5.41 Å². The van der Waals surface area contributed by atoms with E-state index in [9.17, 15) is 9.90 Å². The zero-order valence-electron chi connectivity index (χ0n) is 9.87. The van der Waals surface area contributed by atoms with E-state index in [4.69, 9.17) is 10.8 Å². The number of hydrogen-bond acceptors (Lipinski definition) is 4. The van der Waals surface area contributed by atoms with Crippen molar-refractivity contribution in [3.63, 3.8) is 0 Å². The molecular weight excluding hydrogens is 196 g/mol. The lowest BCUT2D eigenvalue weighted by Gasteiger charge is -2.28. The van der Waals surface area contributed by atoms with Crippen LogP contribution >= 0.6 is 0 Å². The minimum Gasteiger partial charge on any atom is -0.393 e. The molecule has 0 aliphatic carbocycles. The number of aliphatic hydroxyl groups is 2. The summed E-state index contributed by atoms with van der Waals surface area (Å²) in [6, 6.07) is -0.632. The fourth-order valence-corrected chi connectivity index (χ4v) is 0.837. The molecule has 0 fully saturated rings. The molecule has 5 heteroatoms. The van der Waals surface area contributed by atoms with Crippen LogP contribution < -0.4 is 11.1 Å². The van der Waals surface area contributed by atoms with Gasteiger partial charge >= 0.3 is 0 Å². The Bertz CT molecular complexity index is 221. The smallest absolute Gasteiger partial charge is 0.237 e. The van der Waals surface area contributed by atoms with Crippen LogP contribution in [0.5, 0.6) is 0 Å². The van der Waals surface area contributed by atoms with Gasteiger partial charge in [0.2, 0.25) is 5.91 Å². The molecule has 5 nitrogen and oxygen atoms in total. The molecular formula is C10H22N2O3. The number of aliphatic hydroxyl groups excluding tert-OH is 1. The van der Waals surface area contributed by atoms with Gasteiger partial charge in [-0.15, -0.1) is 0 Å². The van der Waals surface area contributed by atoms with E-state index >= 15 is 0 Å². The molecule has 0 aromatic carbocycles. The number of nitrogens with one attached hydrogen (secondary N) is 1. The second-order valence-electron chi connectivity index (χ2n) is 5.22. The van der Waals surface area contributed by atoms with Crippen LogP contribution in [-0.2, 0) is 4.79 Å². The monoisotopic (exact) mass is 218 g/mol. The van der Waals surface area contributed by atoms with Gasteiger partial charge in [-0.3, -0.25) is 4.79 Å². The third kappa shape index (κ3) is 5.11. The van der Waals surface area contributed by atoms with Crippen LogP contribution in [0.2, 0.25) is 0 Å². The van der Waals surface area contributed by atoms with Crippen LogP contribution in [-0.4, -0.2) is 40.9 Å². The normalized spacial score (nSPS) is 18.1. The van der Waals surface area contributed by atoms with Crippen molar-refractivity contribution in [2.75, 3.05) is 13.2 Å². The summed E-state index contributed by atoms with van der Waals surface area (Å²) in [4.78, 5) is 11.5. The molecule has 0 saturated carbocycles. The third-order valence-corrected chi connectivity index (χ3v) is 2.20. The highest BCUT2D eigenvalue weighted by Gasteiger charge is 2.29. The molecule has 0 radical (unpaired) electrons. The maximum absolute atomic E-state index is 11.5. The molecule has 1 amide bonds. The number of carbonyl (C=O) groups is 1. The van der Waals surface area contributed by atoms with Crippen LogP contribution in [0.3, 0.4) is 0 Å². The van der Waals surface area contributed by atoms with Crippen molar-refractivity contribution in [2.45, 2.75) is 39.3 Å². The molecule has 0 bridgehead atoms. The first-order valence-electron chi connectivity index (χ1n) is 4.97. The van der Waals surface area contributed by atoms with E-state index in [2.05, 4.69) is 5.32 Å². The van der Waals surface area contributed by atoms with Gasteiger partial charge in [-0.25, -0.2) is 0 Å². The highest BCUT2D eigenvalue weighted by Crippen LogP contribution is 2.17. The first-order chi connectivity index (χ1) is 6.60.